The summed E-state index contributed by atoms with van der Waals surface area (Å²) in [5.74, 6) is 0. The molecular formula is C17H30N4. The molecule has 1 aliphatic heterocycles. The van der Waals surface area contributed by atoms with Crippen molar-refractivity contribution in [2.45, 2.75) is 77.3 Å². The molecule has 0 bridgehead atoms. The topological polar surface area (TPSA) is 52.0 Å². The van der Waals surface area contributed by atoms with Gasteiger partial charge in [-0.05, 0) is 24.2 Å². The first-order valence-electron chi connectivity index (χ1n) is 8.53. The molecule has 21 heavy (non-hydrogen) atoms. The molecule has 0 spiro atoms. The van der Waals surface area contributed by atoms with E-state index in [9.17, 15) is 0 Å². The van der Waals surface area contributed by atoms with E-state index in [0.717, 1.165) is 6.54 Å². The number of rotatable bonds is 12. The zero-order valence-corrected chi connectivity index (χ0v) is 13.5. The predicted octanol–water partition coefficient (Wildman–Crippen LogP) is 5.93. The van der Waals surface area contributed by atoms with E-state index in [0.29, 0.717) is 0 Å². The average molecular weight is 290 g/mol. The summed E-state index contributed by atoms with van der Waals surface area (Å²) in [6.07, 6.45) is 21.2. The van der Waals surface area contributed by atoms with Gasteiger partial charge in [-0.2, -0.15) is 0 Å². The molecule has 4 heteroatoms. The van der Waals surface area contributed by atoms with E-state index in [1.165, 1.54) is 64.2 Å². The van der Waals surface area contributed by atoms with Crippen LogP contribution in [-0.4, -0.2) is 17.6 Å². The molecule has 0 aliphatic carbocycles. The summed E-state index contributed by atoms with van der Waals surface area (Å²) in [7, 11) is 0. The van der Waals surface area contributed by atoms with Crippen LogP contribution in [0.4, 0.5) is 0 Å². The van der Waals surface area contributed by atoms with Crippen LogP contribution in [0.2, 0.25) is 0 Å². The second kappa shape index (κ2) is 12.3. The van der Waals surface area contributed by atoms with Gasteiger partial charge in [-0.15, -0.1) is 0 Å². The van der Waals surface area contributed by atoms with Crippen molar-refractivity contribution in [2.24, 2.45) is 5.11 Å². The monoisotopic (exact) mass is 290 g/mol. The SMILES string of the molecule is CCCCCCCCCCCCN1C=CC=CC1N=[N+]=[N-]. The van der Waals surface area contributed by atoms with E-state index in [1.54, 1.807) is 0 Å². The van der Waals surface area contributed by atoms with Crippen LogP contribution in [-0.2, 0) is 0 Å². The fourth-order valence-corrected chi connectivity index (χ4v) is 2.67. The van der Waals surface area contributed by atoms with Gasteiger partial charge in [0, 0.05) is 11.5 Å². The second-order valence-corrected chi connectivity index (χ2v) is 5.76. The second-order valence-electron chi connectivity index (χ2n) is 5.76. The van der Waals surface area contributed by atoms with Crippen molar-refractivity contribution < 1.29 is 0 Å². The number of unbranched alkanes of at least 4 members (excludes halogenated alkanes) is 9. The Morgan fingerprint density at radius 2 is 1.57 bits per heavy atom. The van der Waals surface area contributed by atoms with Crippen LogP contribution in [0.3, 0.4) is 0 Å². The lowest BCUT2D eigenvalue weighted by Gasteiger charge is -2.26. The Morgan fingerprint density at radius 1 is 0.952 bits per heavy atom. The van der Waals surface area contributed by atoms with Gasteiger partial charge < -0.3 is 4.90 Å². The van der Waals surface area contributed by atoms with Gasteiger partial charge in [0.05, 0.1) is 0 Å². The molecule has 0 amide bonds. The lowest BCUT2D eigenvalue weighted by molar-refractivity contribution is 0.311. The normalized spacial score (nSPS) is 17.0. The van der Waals surface area contributed by atoms with Crippen molar-refractivity contribution in [3.8, 4) is 0 Å². The highest BCUT2D eigenvalue weighted by Crippen LogP contribution is 2.14. The van der Waals surface area contributed by atoms with Crippen LogP contribution in [0.25, 0.3) is 10.4 Å². The van der Waals surface area contributed by atoms with E-state index in [-0.39, 0.29) is 6.17 Å². The molecule has 1 atom stereocenters. The van der Waals surface area contributed by atoms with Gasteiger partial charge in [0.2, 0.25) is 0 Å². The molecule has 1 rings (SSSR count). The van der Waals surface area contributed by atoms with E-state index in [1.807, 2.05) is 24.4 Å². The number of azide groups is 1. The van der Waals surface area contributed by atoms with Gasteiger partial charge in [-0.25, -0.2) is 0 Å². The molecule has 0 saturated heterocycles. The average Bonchev–Trinajstić information content (AvgIpc) is 2.51. The molecule has 0 radical (unpaired) electrons. The van der Waals surface area contributed by atoms with Gasteiger partial charge in [0.15, 0.2) is 0 Å². The van der Waals surface area contributed by atoms with Crippen LogP contribution < -0.4 is 0 Å². The van der Waals surface area contributed by atoms with Gasteiger partial charge in [0.25, 0.3) is 0 Å². The van der Waals surface area contributed by atoms with Crippen LogP contribution in [0.15, 0.2) is 29.5 Å². The maximum Gasteiger partial charge on any atom is 0.126 e. The van der Waals surface area contributed by atoms with Gasteiger partial charge in [0.1, 0.15) is 6.17 Å². The Bertz CT molecular complexity index is 356. The molecule has 0 aromatic rings. The molecule has 0 aromatic carbocycles. The van der Waals surface area contributed by atoms with E-state index < -0.39 is 0 Å². The highest BCUT2D eigenvalue weighted by Gasteiger charge is 2.11. The van der Waals surface area contributed by atoms with E-state index >= 15 is 0 Å². The van der Waals surface area contributed by atoms with Crippen LogP contribution in [0.1, 0.15) is 71.1 Å². The number of nitrogens with zero attached hydrogens (tertiary/aromatic N) is 4. The van der Waals surface area contributed by atoms with Crippen molar-refractivity contribution in [3.05, 3.63) is 34.9 Å². The summed E-state index contributed by atoms with van der Waals surface area (Å²) in [6.45, 7) is 3.24. The summed E-state index contributed by atoms with van der Waals surface area (Å²) in [6, 6.07) is 0. The first kappa shape index (κ1) is 17.6. The fraction of sp³-hybridized carbons (Fsp3) is 0.765. The molecule has 118 valence electrons. The third kappa shape index (κ3) is 8.46. The molecule has 0 saturated carbocycles. The third-order valence-corrected chi connectivity index (χ3v) is 3.95. The molecule has 1 aliphatic rings. The lowest BCUT2D eigenvalue weighted by Crippen LogP contribution is -2.29. The summed E-state index contributed by atoms with van der Waals surface area (Å²) in [4.78, 5) is 5.02. The van der Waals surface area contributed by atoms with Crippen molar-refractivity contribution in [3.63, 3.8) is 0 Å². The first-order valence-corrected chi connectivity index (χ1v) is 8.53. The molecule has 1 heterocycles. The van der Waals surface area contributed by atoms with Crippen molar-refractivity contribution >= 4 is 0 Å². The lowest BCUT2D eigenvalue weighted by atomic mass is 10.1. The fourth-order valence-electron chi connectivity index (χ4n) is 2.67. The summed E-state index contributed by atoms with van der Waals surface area (Å²) in [5.41, 5.74) is 8.56. The molecule has 0 N–H and O–H groups in total. The van der Waals surface area contributed by atoms with Crippen molar-refractivity contribution in [1.29, 1.82) is 0 Å². The van der Waals surface area contributed by atoms with Crippen LogP contribution in [0, 0.1) is 0 Å². The molecule has 0 aromatic heterocycles. The minimum absolute atomic E-state index is 0.140. The Kier molecular flexibility index (Phi) is 10.4. The summed E-state index contributed by atoms with van der Waals surface area (Å²) < 4.78 is 0. The minimum Gasteiger partial charge on any atom is -0.365 e. The first-order chi connectivity index (χ1) is 10.4. The number of hydrogen-bond acceptors (Lipinski definition) is 2. The summed E-state index contributed by atoms with van der Waals surface area (Å²) in [5, 5.41) is 3.80. The molecule has 1 unspecified atom stereocenters. The maximum atomic E-state index is 8.56. The number of allylic oxidation sites excluding steroid dienone is 2. The third-order valence-electron chi connectivity index (χ3n) is 3.95. The quantitative estimate of drug-likeness (QED) is 0.190. The van der Waals surface area contributed by atoms with Crippen LogP contribution in [0.5, 0.6) is 0 Å². The van der Waals surface area contributed by atoms with Gasteiger partial charge >= 0.3 is 0 Å². The Balaban J connectivity index is 1.97. The zero-order valence-electron chi connectivity index (χ0n) is 13.5. The minimum atomic E-state index is -0.140. The molecular weight excluding hydrogens is 260 g/mol. The maximum absolute atomic E-state index is 8.56. The van der Waals surface area contributed by atoms with Crippen LogP contribution >= 0.6 is 0 Å². The highest BCUT2D eigenvalue weighted by atomic mass is 15.3. The zero-order chi connectivity index (χ0) is 15.2. The Labute approximate surface area is 129 Å². The summed E-state index contributed by atoms with van der Waals surface area (Å²) >= 11 is 0. The Morgan fingerprint density at radius 3 is 2.19 bits per heavy atom. The predicted molar refractivity (Wildman–Crippen MR) is 89.8 cm³/mol. The van der Waals surface area contributed by atoms with Crippen molar-refractivity contribution in [2.75, 3.05) is 6.54 Å². The largest absolute Gasteiger partial charge is 0.365 e. The standard InChI is InChI=1S/C17H30N4/c1-2-3-4-5-6-7-8-9-10-12-15-21-16-13-11-14-17(21)19-20-18/h11,13-14,16-17H,2-10,12,15H2,1H3. The van der Waals surface area contributed by atoms with Gasteiger partial charge in [-0.3, -0.25) is 0 Å². The highest BCUT2D eigenvalue weighted by molar-refractivity contribution is 5.12. The number of hydrogen-bond donors (Lipinski definition) is 0. The smallest absolute Gasteiger partial charge is 0.126 e. The molecule has 4 nitrogen and oxygen atoms in total. The van der Waals surface area contributed by atoms with Gasteiger partial charge in [-0.1, -0.05) is 82.0 Å². The van der Waals surface area contributed by atoms with Crippen molar-refractivity contribution in [1.82, 2.24) is 4.90 Å². The van der Waals surface area contributed by atoms with E-state index in [2.05, 4.69) is 21.8 Å². The van der Waals surface area contributed by atoms with E-state index in [4.69, 9.17) is 5.53 Å². The Hall–Kier alpha value is -1.41. The molecule has 0 fully saturated rings.